The molecule has 0 aliphatic rings. The van der Waals surface area contributed by atoms with E-state index in [0.717, 1.165) is 4.90 Å². The smallest absolute Gasteiger partial charge is 0.256 e. The van der Waals surface area contributed by atoms with Crippen molar-refractivity contribution in [2.75, 3.05) is 101 Å². The number of carbonyl (C=O) groups is 9. The van der Waals surface area contributed by atoms with Crippen LogP contribution >= 0.6 is 203 Å². The summed E-state index contributed by atoms with van der Waals surface area (Å²) in [6, 6.07) is 0. The lowest BCUT2D eigenvalue weighted by Crippen LogP contribution is -2.46. The highest BCUT2D eigenvalue weighted by atomic mass is 127. The highest BCUT2D eigenvalue weighted by molar-refractivity contribution is 14.1. The predicted octanol–water partition coefficient (Wildman–Crippen LogP) is -1.17. The van der Waals surface area contributed by atoms with Gasteiger partial charge in [0.2, 0.25) is 17.7 Å². The van der Waals surface area contributed by atoms with Gasteiger partial charge in [0.05, 0.1) is 116 Å². The summed E-state index contributed by atoms with van der Waals surface area (Å²) in [5, 5.41) is 118. The molecule has 3 aromatic carbocycles. The van der Waals surface area contributed by atoms with Gasteiger partial charge < -0.3 is 98.5 Å². The van der Waals surface area contributed by atoms with E-state index in [4.69, 9.17) is 0 Å². The quantitative estimate of drug-likeness (QED) is 0.0381. The molecule has 0 aliphatic heterocycles. The van der Waals surface area contributed by atoms with E-state index in [0.29, 0.717) is 0 Å². The van der Waals surface area contributed by atoms with E-state index >= 15 is 4.79 Å². The topological polar surface area (TPSA) is 455 Å². The Labute approximate surface area is 582 Å². The van der Waals surface area contributed by atoms with Crippen LogP contribution in [0.1, 0.15) is 62.1 Å². The van der Waals surface area contributed by atoms with E-state index in [1.165, 1.54) is 0 Å². The number of rotatable bonds is 28. The summed E-state index contributed by atoms with van der Waals surface area (Å²) in [7, 11) is 0. The number of nitrogens with one attached hydrogen (secondary N) is 8. The zero-order valence-electron chi connectivity index (χ0n) is 41.0. The van der Waals surface area contributed by atoms with Crippen LogP contribution in [0.25, 0.3) is 0 Å². The van der Waals surface area contributed by atoms with Crippen molar-refractivity contribution in [3.05, 3.63) is 65.5 Å². The molecular weight excluding hydrogens is 2100 g/mol. The fourth-order valence-corrected chi connectivity index (χ4v) is 19.8. The first-order valence-electron chi connectivity index (χ1n) is 22.7. The minimum absolute atomic E-state index is 0.0207. The van der Waals surface area contributed by atoms with Gasteiger partial charge in [0.1, 0.15) is 19.8 Å². The van der Waals surface area contributed by atoms with Gasteiger partial charge >= 0.3 is 0 Å². The van der Waals surface area contributed by atoms with Gasteiger partial charge in [0.25, 0.3) is 35.4 Å². The molecule has 18 N–H and O–H groups in total. The van der Waals surface area contributed by atoms with E-state index in [9.17, 15) is 89.4 Å². The molecule has 81 heavy (non-hydrogen) atoms. The lowest BCUT2D eigenvalue weighted by molar-refractivity contribution is -0.119. The molecule has 446 valence electrons. The number of aliphatic hydroxyl groups is 10. The zero-order valence-corrected chi connectivity index (χ0v) is 60.4. The van der Waals surface area contributed by atoms with Crippen molar-refractivity contribution in [3.8, 4) is 0 Å². The third kappa shape index (κ3) is 20.0. The second-order valence-corrected chi connectivity index (χ2v) is 26.0. The molecule has 28 nitrogen and oxygen atoms in total. The highest BCUT2D eigenvalue weighted by Crippen LogP contribution is 2.39. The van der Waals surface area contributed by atoms with Gasteiger partial charge in [-0.2, -0.15) is 0 Å². The van der Waals surface area contributed by atoms with Gasteiger partial charge in [-0.1, -0.05) is 0 Å². The monoisotopic (exact) mass is 2150 g/mol. The van der Waals surface area contributed by atoms with Crippen LogP contribution in [0, 0.1) is 32.1 Å². The van der Waals surface area contributed by atoms with Crippen molar-refractivity contribution in [1.29, 1.82) is 0 Å². The van der Waals surface area contributed by atoms with Crippen molar-refractivity contribution >= 4 is 274 Å². The molecule has 9 amide bonds. The van der Waals surface area contributed by atoms with Gasteiger partial charge in [-0.3, -0.25) is 43.2 Å². The normalized spacial score (nSPS) is 12.5. The summed E-state index contributed by atoms with van der Waals surface area (Å²) in [6.07, 6.45) is -5.80. The van der Waals surface area contributed by atoms with Crippen LogP contribution in [0.2, 0.25) is 0 Å². The molecule has 3 rings (SSSR count). The third-order valence-electron chi connectivity index (χ3n) is 10.5. The summed E-state index contributed by atoms with van der Waals surface area (Å²) in [4.78, 5) is 123. The molecule has 0 aliphatic carbocycles. The standard InChI is InChI=1S/C44H48I9N9O19/c45-27-21(30(48)36(59-18(73)11-66)31(49)22(27)41(78)56-4-15(70)8-63)39(76)54-1-2-62(44(81)26-29(47)25(43(80)58-6-17(72)10-65)34(52)38(35(26)53)61-20(75)13-68)7-14(69)3-55-40(77)23-28(46)24(42(79)57-5-16(71)9-64)33(51)37(32(23)50)60-19(74)12-67/h14-17,63-72H,1-13H2,(H,54,76)(H,55,77)(H,56,78)(H,57,79)(H,58,80)(H,59,73)(H,60,74)(H,61,75). The number of benzene rings is 3. The summed E-state index contributed by atoms with van der Waals surface area (Å²) >= 11 is 15.6. The van der Waals surface area contributed by atoms with Crippen LogP contribution in [0.4, 0.5) is 17.1 Å². The maximum absolute atomic E-state index is 15.2. The van der Waals surface area contributed by atoms with Gasteiger partial charge in [-0.05, 0) is 203 Å². The lowest BCUT2D eigenvalue weighted by atomic mass is 10.1. The second-order valence-electron chi connectivity index (χ2n) is 16.3. The molecule has 3 aromatic rings. The average Bonchev–Trinajstić information content (AvgIpc) is 3.47. The molecule has 0 aromatic heterocycles. The maximum Gasteiger partial charge on any atom is 0.256 e. The highest BCUT2D eigenvalue weighted by Gasteiger charge is 2.34. The molecule has 0 fully saturated rings. The number of halogens is 9. The van der Waals surface area contributed by atoms with Gasteiger partial charge in [-0.25, -0.2) is 0 Å². The van der Waals surface area contributed by atoms with Crippen LogP contribution in [0.15, 0.2) is 0 Å². The van der Waals surface area contributed by atoms with E-state index < -0.39 is 163 Å². The molecule has 0 radical (unpaired) electrons. The number of anilines is 3. The Morgan fingerprint density at radius 1 is 0.358 bits per heavy atom. The number of aliphatic hydroxyl groups excluding tert-OH is 10. The van der Waals surface area contributed by atoms with Crippen molar-refractivity contribution < 1.29 is 94.2 Å². The molecule has 37 heteroatoms. The first kappa shape index (κ1) is 74.3. The molecule has 0 saturated heterocycles. The summed E-state index contributed by atoms with van der Waals surface area (Å²) in [6.45, 7) is -8.62. The third-order valence-corrected chi connectivity index (χ3v) is 20.2. The van der Waals surface area contributed by atoms with E-state index in [-0.39, 0.29) is 82.6 Å². The fraction of sp³-hybridized carbons (Fsp3) is 0.386. The minimum atomic E-state index is -1.69. The van der Waals surface area contributed by atoms with E-state index in [2.05, 4.69) is 42.5 Å². The van der Waals surface area contributed by atoms with Crippen LogP contribution in [0.5, 0.6) is 0 Å². The number of amides is 9. The zero-order chi connectivity index (χ0) is 61.3. The Morgan fingerprint density at radius 2 is 0.605 bits per heavy atom. The van der Waals surface area contributed by atoms with E-state index in [1.54, 1.807) is 203 Å². The van der Waals surface area contributed by atoms with Gasteiger partial charge in [0.15, 0.2) is 0 Å². The Hall–Kier alpha value is -0.940. The largest absolute Gasteiger partial charge is 0.394 e. The SMILES string of the molecule is O=C(CO)Nc1c(I)c(C(=O)NCCN(CC(O)CNC(=O)c2c(I)c(NC(=O)CO)c(I)c(C(=O)NCC(O)CO)c2I)C(=O)c2c(I)c(NC(=O)CO)c(I)c(C(=O)NCC(O)CO)c2I)c(I)c(C(=O)NCC(O)CO)c1I. The number of hydrogen-bond donors (Lipinski definition) is 18. The van der Waals surface area contributed by atoms with Crippen LogP contribution in [-0.4, -0.2) is 219 Å². The Bertz CT molecular complexity index is 2930. The lowest BCUT2D eigenvalue weighted by Gasteiger charge is -2.28. The molecule has 4 atom stereocenters. The number of nitrogens with zero attached hydrogens (tertiary/aromatic N) is 1. The fourth-order valence-electron chi connectivity index (χ4n) is 6.58. The van der Waals surface area contributed by atoms with Crippen molar-refractivity contribution in [1.82, 2.24) is 31.5 Å². The maximum atomic E-state index is 15.2. The van der Waals surface area contributed by atoms with Crippen molar-refractivity contribution in [3.63, 3.8) is 0 Å². The molecule has 0 spiro atoms. The Balaban J connectivity index is 2.23. The first-order chi connectivity index (χ1) is 38.1. The molecule has 4 unspecified atom stereocenters. The van der Waals surface area contributed by atoms with E-state index in [1.807, 2.05) is 0 Å². The molecule has 0 heterocycles. The number of carbonyl (C=O) groups excluding carboxylic acids is 9. The molecular formula is C44H48I9N9O19. The molecule has 0 saturated carbocycles. The Kier molecular flexibility index (Phi) is 32.8. The predicted molar refractivity (Wildman–Crippen MR) is 364 cm³/mol. The van der Waals surface area contributed by atoms with Crippen molar-refractivity contribution in [2.24, 2.45) is 0 Å². The second kappa shape index (κ2) is 35.8. The van der Waals surface area contributed by atoms with Gasteiger partial charge in [-0.15, -0.1) is 0 Å². The van der Waals surface area contributed by atoms with Crippen LogP contribution < -0.4 is 42.5 Å². The van der Waals surface area contributed by atoms with Crippen molar-refractivity contribution in [2.45, 2.75) is 24.4 Å². The van der Waals surface area contributed by atoms with Crippen LogP contribution in [-0.2, 0) is 14.4 Å². The summed E-state index contributed by atoms with van der Waals surface area (Å²) in [5.74, 6) is -8.05. The average molecular weight is 2150 g/mol. The first-order valence-corrected chi connectivity index (χ1v) is 32.4. The van der Waals surface area contributed by atoms with Gasteiger partial charge in [0, 0.05) is 56.5 Å². The number of hydrogen-bond acceptors (Lipinski definition) is 19. The Morgan fingerprint density at radius 3 is 0.877 bits per heavy atom. The summed E-state index contributed by atoms with van der Waals surface area (Å²) < 4.78 is 0.577. The summed E-state index contributed by atoms with van der Waals surface area (Å²) in [5.41, 5.74) is -1.33. The molecule has 0 bridgehead atoms. The van der Waals surface area contributed by atoms with Crippen LogP contribution in [0.3, 0.4) is 0 Å². The minimum Gasteiger partial charge on any atom is -0.394 e.